The molecule has 0 saturated carbocycles. The normalized spacial score (nSPS) is 23.4. The van der Waals surface area contributed by atoms with Crippen molar-refractivity contribution in [3.8, 4) is 0 Å². The molecule has 1 N–H and O–H groups in total. The van der Waals surface area contributed by atoms with Crippen LogP contribution in [0.4, 0.5) is 0 Å². The number of hydrogen-bond acceptors (Lipinski definition) is 3. The molecule has 1 fully saturated rings. The van der Waals surface area contributed by atoms with Gasteiger partial charge in [-0.2, -0.15) is 0 Å². The van der Waals surface area contributed by atoms with E-state index >= 15 is 0 Å². The third-order valence-electron chi connectivity index (χ3n) is 3.22. The molecule has 0 spiro atoms. The third kappa shape index (κ3) is 3.71. The van der Waals surface area contributed by atoms with Gasteiger partial charge in [-0.25, -0.2) is 0 Å². The van der Waals surface area contributed by atoms with Gasteiger partial charge >= 0.3 is 5.97 Å². The molecule has 3 nitrogen and oxygen atoms in total. The molecule has 2 atom stereocenters. The maximum atomic E-state index is 12.2. The zero-order valence-electron chi connectivity index (χ0n) is 11.6. The Morgan fingerprint density at radius 1 is 1.26 bits per heavy atom. The van der Waals surface area contributed by atoms with Crippen molar-refractivity contribution in [1.82, 2.24) is 5.32 Å². The van der Waals surface area contributed by atoms with Crippen LogP contribution in [0.15, 0.2) is 24.3 Å². The molecule has 0 bridgehead atoms. The second-order valence-electron chi connectivity index (χ2n) is 5.96. The fourth-order valence-corrected chi connectivity index (χ4v) is 2.49. The Hall–Kier alpha value is -1.06. The highest BCUT2D eigenvalue weighted by atomic mass is 35.5. The van der Waals surface area contributed by atoms with Gasteiger partial charge in [0.2, 0.25) is 0 Å². The molecule has 1 saturated heterocycles. The molecular weight excluding hydrogens is 262 g/mol. The molecule has 104 valence electrons. The van der Waals surface area contributed by atoms with Gasteiger partial charge in [0.25, 0.3) is 0 Å². The highest BCUT2D eigenvalue weighted by molar-refractivity contribution is 6.30. The van der Waals surface area contributed by atoms with E-state index in [1.54, 1.807) is 0 Å². The number of carbonyl (C=O) groups is 1. The zero-order valence-corrected chi connectivity index (χ0v) is 12.3. The van der Waals surface area contributed by atoms with Gasteiger partial charge in [0.15, 0.2) is 0 Å². The van der Waals surface area contributed by atoms with Crippen LogP contribution in [0.3, 0.4) is 0 Å². The van der Waals surface area contributed by atoms with E-state index in [-0.39, 0.29) is 17.8 Å². The molecule has 19 heavy (non-hydrogen) atoms. The van der Waals surface area contributed by atoms with Gasteiger partial charge in [-0.15, -0.1) is 0 Å². The minimum absolute atomic E-state index is 0.125. The zero-order chi connectivity index (χ0) is 14.0. The first-order valence-corrected chi connectivity index (χ1v) is 6.93. The number of halogens is 1. The van der Waals surface area contributed by atoms with E-state index in [2.05, 4.69) is 5.32 Å². The third-order valence-corrected chi connectivity index (χ3v) is 3.47. The number of hydrogen-bond donors (Lipinski definition) is 1. The maximum Gasteiger partial charge on any atom is 0.311 e. The molecule has 1 aliphatic rings. The quantitative estimate of drug-likeness (QED) is 0.847. The van der Waals surface area contributed by atoms with Gasteiger partial charge < -0.3 is 10.1 Å². The molecule has 1 aromatic carbocycles. The summed E-state index contributed by atoms with van der Waals surface area (Å²) in [6.07, 6.45) is 0. The highest BCUT2D eigenvalue weighted by Gasteiger charge is 2.36. The van der Waals surface area contributed by atoms with Crippen LogP contribution in [0.5, 0.6) is 0 Å². The van der Waals surface area contributed by atoms with Crippen molar-refractivity contribution < 1.29 is 9.53 Å². The molecule has 1 aliphatic heterocycles. The average molecular weight is 282 g/mol. The standard InChI is InChI=1S/C15H20ClNO2/c1-15(2,3)19-14(18)13-9-17-8-12(13)10-4-6-11(16)7-5-10/h4-7,12-13,17H,8-9H2,1-3H3/t12-,13+/m0/s1. The molecule has 1 aromatic rings. The van der Waals surface area contributed by atoms with Crippen molar-refractivity contribution in [2.45, 2.75) is 32.3 Å². The summed E-state index contributed by atoms with van der Waals surface area (Å²) < 4.78 is 5.49. The van der Waals surface area contributed by atoms with Crippen LogP contribution < -0.4 is 5.32 Å². The minimum Gasteiger partial charge on any atom is -0.460 e. The van der Waals surface area contributed by atoms with Gasteiger partial charge in [-0.05, 0) is 38.5 Å². The number of benzene rings is 1. The fourth-order valence-electron chi connectivity index (χ4n) is 2.36. The second kappa shape index (κ2) is 5.51. The van der Waals surface area contributed by atoms with Crippen LogP contribution in [0.2, 0.25) is 5.02 Å². The number of ether oxygens (including phenoxy) is 1. The smallest absolute Gasteiger partial charge is 0.311 e. The van der Waals surface area contributed by atoms with Crippen LogP contribution >= 0.6 is 11.6 Å². The monoisotopic (exact) mass is 281 g/mol. The first-order valence-electron chi connectivity index (χ1n) is 6.56. The van der Waals surface area contributed by atoms with Gasteiger partial charge in [-0.3, -0.25) is 4.79 Å². The molecular formula is C15H20ClNO2. The number of esters is 1. The summed E-state index contributed by atoms with van der Waals surface area (Å²) in [5.41, 5.74) is 0.690. The van der Waals surface area contributed by atoms with Gasteiger partial charge in [-0.1, -0.05) is 23.7 Å². The number of nitrogens with one attached hydrogen (secondary N) is 1. The summed E-state index contributed by atoms with van der Waals surface area (Å²) in [4.78, 5) is 12.2. The van der Waals surface area contributed by atoms with E-state index < -0.39 is 5.60 Å². The summed E-state index contributed by atoms with van der Waals surface area (Å²) in [5, 5.41) is 3.98. The van der Waals surface area contributed by atoms with Crippen molar-refractivity contribution in [3.63, 3.8) is 0 Å². The van der Waals surface area contributed by atoms with Crippen LogP contribution in [0, 0.1) is 5.92 Å². The first-order chi connectivity index (χ1) is 8.87. The Balaban J connectivity index is 2.12. The molecule has 0 radical (unpaired) electrons. The van der Waals surface area contributed by atoms with E-state index in [1.807, 2.05) is 45.0 Å². The number of carbonyl (C=O) groups excluding carboxylic acids is 1. The fraction of sp³-hybridized carbons (Fsp3) is 0.533. The lowest BCUT2D eigenvalue weighted by Gasteiger charge is -2.24. The Bertz CT molecular complexity index is 450. The molecule has 0 aliphatic carbocycles. The SMILES string of the molecule is CC(C)(C)OC(=O)[C@@H]1CNC[C@H]1c1ccc(Cl)cc1. The van der Waals surface area contributed by atoms with Gasteiger partial charge in [0.05, 0.1) is 5.92 Å². The molecule has 2 rings (SSSR count). The average Bonchev–Trinajstić information content (AvgIpc) is 2.76. The van der Waals surface area contributed by atoms with Crippen molar-refractivity contribution in [1.29, 1.82) is 0 Å². The Morgan fingerprint density at radius 2 is 1.89 bits per heavy atom. The van der Waals surface area contributed by atoms with Crippen molar-refractivity contribution in [3.05, 3.63) is 34.9 Å². The predicted molar refractivity (Wildman–Crippen MR) is 76.4 cm³/mol. The van der Waals surface area contributed by atoms with Crippen LogP contribution in [-0.4, -0.2) is 24.7 Å². The summed E-state index contributed by atoms with van der Waals surface area (Å²) in [6, 6.07) is 7.69. The summed E-state index contributed by atoms with van der Waals surface area (Å²) in [5.74, 6) is -0.0926. The Kier molecular flexibility index (Phi) is 4.16. The van der Waals surface area contributed by atoms with Crippen LogP contribution in [0.25, 0.3) is 0 Å². The van der Waals surface area contributed by atoms with Gasteiger partial charge in [0.1, 0.15) is 5.60 Å². The molecule has 0 unspecified atom stereocenters. The first kappa shape index (κ1) is 14.4. The number of rotatable bonds is 2. The van der Waals surface area contributed by atoms with E-state index in [0.717, 1.165) is 12.1 Å². The van der Waals surface area contributed by atoms with E-state index in [0.29, 0.717) is 11.6 Å². The van der Waals surface area contributed by atoms with Crippen molar-refractivity contribution >= 4 is 17.6 Å². The van der Waals surface area contributed by atoms with E-state index in [9.17, 15) is 4.79 Å². The summed E-state index contributed by atoms with van der Waals surface area (Å²) >= 11 is 5.90. The summed E-state index contributed by atoms with van der Waals surface area (Å²) in [6.45, 7) is 7.15. The van der Waals surface area contributed by atoms with Crippen molar-refractivity contribution in [2.75, 3.05) is 13.1 Å². The van der Waals surface area contributed by atoms with E-state index in [1.165, 1.54) is 0 Å². The molecule has 1 heterocycles. The van der Waals surface area contributed by atoms with Crippen molar-refractivity contribution in [2.24, 2.45) is 5.92 Å². The summed E-state index contributed by atoms with van der Waals surface area (Å²) in [7, 11) is 0. The molecule has 4 heteroatoms. The second-order valence-corrected chi connectivity index (χ2v) is 6.39. The Morgan fingerprint density at radius 3 is 2.47 bits per heavy atom. The molecule has 0 amide bonds. The maximum absolute atomic E-state index is 12.2. The van der Waals surface area contributed by atoms with E-state index in [4.69, 9.17) is 16.3 Å². The molecule has 0 aromatic heterocycles. The topological polar surface area (TPSA) is 38.3 Å². The predicted octanol–water partition coefficient (Wildman–Crippen LogP) is 2.98. The van der Waals surface area contributed by atoms with Gasteiger partial charge in [0, 0.05) is 24.0 Å². The van der Waals surface area contributed by atoms with Crippen LogP contribution in [0.1, 0.15) is 32.3 Å². The van der Waals surface area contributed by atoms with Crippen LogP contribution in [-0.2, 0) is 9.53 Å². The lowest BCUT2D eigenvalue weighted by atomic mass is 9.89. The lowest BCUT2D eigenvalue weighted by Crippen LogP contribution is -2.31. The largest absolute Gasteiger partial charge is 0.460 e. The lowest BCUT2D eigenvalue weighted by molar-refractivity contribution is -0.159. The Labute approximate surface area is 119 Å². The minimum atomic E-state index is -0.440. The highest BCUT2D eigenvalue weighted by Crippen LogP contribution is 2.30.